The number of carboxylic acids is 1. The molecule has 0 aromatic heterocycles. The lowest BCUT2D eigenvalue weighted by atomic mass is 9.77. The zero-order valence-corrected chi connectivity index (χ0v) is 11.9. The molecule has 7 nitrogen and oxygen atoms in total. The number of hydrogen-bond acceptors (Lipinski definition) is 4. The molecule has 0 aromatic carbocycles. The van der Waals surface area contributed by atoms with Crippen LogP contribution in [0, 0.1) is 11.3 Å². The van der Waals surface area contributed by atoms with Gasteiger partial charge in [-0.15, -0.1) is 0 Å². The normalized spacial score (nSPS) is 29.6. The molecule has 2 aliphatic heterocycles. The van der Waals surface area contributed by atoms with Gasteiger partial charge in [-0.1, -0.05) is 0 Å². The molecule has 7 heteroatoms. The first-order valence-electron chi connectivity index (χ1n) is 6.65. The first kappa shape index (κ1) is 14.6. The summed E-state index contributed by atoms with van der Waals surface area (Å²) in [5.41, 5.74) is -1.63. The van der Waals surface area contributed by atoms with Crippen LogP contribution in [0.3, 0.4) is 0 Å². The number of carboxylic acid groups (broad SMARTS) is 1. The van der Waals surface area contributed by atoms with Crippen molar-refractivity contribution in [3.05, 3.63) is 0 Å². The van der Waals surface area contributed by atoms with Gasteiger partial charge in [0.1, 0.15) is 5.60 Å². The minimum Gasteiger partial charge on any atom is -0.481 e. The number of likely N-dealkylation sites (tertiary alicyclic amines) is 1. The van der Waals surface area contributed by atoms with Crippen molar-refractivity contribution in [3.8, 4) is 0 Å². The molecular formula is C13H20N2O5. The summed E-state index contributed by atoms with van der Waals surface area (Å²) in [6.07, 6.45) is -0.145. The molecule has 2 N–H and O–H groups in total. The van der Waals surface area contributed by atoms with Crippen molar-refractivity contribution in [3.63, 3.8) is 0 Å². The zero-order valence-electron chi connectivity index (χ0n) is 11.9. The highest BCUT2D eigenvalue weighted by atomic mass is 16.6. The molecule has 2 heterocycles. The Hall–Kier alpha value is -1.79. The van der Waals surface area contributed by atoms with E-state index in [9.17, 15) is 19.5 Å². The smallest absolute Gasteiger partial charge is 0.410 e. The quantitative estimate of drug-likeness (QED) is 0.728. The lowest BCUT2D eigenvalue weighted by Crippen LogP contribution is -2.43. The summed E-state index contributed by atoms with van der Waals surface area (Å²) in [5.74, 6) is -2.08. The Bertz CT molecular complexity index is 456. The Balaban J connectivity index is 2.12. The number of carbonyl (C=O) groups excluding carboxylic acids is 2. The van der Waals surface area contributed by atoms with Gasteiger partial charge in [0.25, 0.3) is 0 Å². The number of amides is 2. The lowest BCUT2D eigenvalue weighted by molar-refractivity contribution is -0.147. The maximum absolute atomic E-state index is 12.0. The fraction of sp³-hybridized carbons (Fsp3) is 0.769. The predicted octanol–water partition coefficient (Wildman–Crippen LogP) is 0.444. The van der Waals surface area contributed by atoms with Gasteiger partial charge >= 0.3 is 12.1 Å². The van der Waals surface area contributed by atoms with Crippen LogP contribution in [0.4, 0.5) is 4.79 Å². The van der Waals surface area contributed by atoms with E-state index in [1.54, 1.807) is 20.8 Å². The van der Waals surface area contributed by atoms with Crippen LogP contribution in [-0.2, 0) is 14.3 Å². The van der Waals surface area contributed by atoms with Gasteiger partial charge in [0.15, 0.2) is 0 Å². The van der Waals surface area contributed by atoms with Crippen LogP contribution in [0.5, 0.6) is 0 Å². The fourth-order valence-electron chi connectivity index (χ4n) is 2.83. The summed E-state index contributed by atoms with van der Waals surface area (Å²) in [4.78, 5) is 36.7. The molecule has 112 valence electrons. The molecule has 2 aliphatic rings. The maximum atomic E-state index is 12.0. The van der Waals surface area contributed by atoms with Gasteiger partial charge in [-0.05, 0) is 27.2 Å². The van der Waals surface area contributed by atoms with Crippen molar-refractivity contribution < 1.29 is 24.2 Å². The molecule has 1 spiro atoms. The van der Waals surface area contributed by atoms with Crippen LogP contribution >= 0.6 is 0 Å². The molecule has 0 aliphatic carbocycles. The standard InChI is InChI=1S/C13H20N2O5/c1-12(2,3)20-11(19)15-5-4-13(7-15)8(9(16)17)6-14-10(13)18/h8H,4-7H2,1-3H3,(H,14,18)(H,16,17). The van der Waals surface area contributed by atoms with Crippen molar-refractivity contribution in [1.82, 2.24) is 10.2 Å². The third kappa shape index (κ3) is 2.44. The van der Waals surface area contributed by atoms with Crippen molar-refractivity contribution in [1.29, 1.82) is 0 Å². The van der Waals surface area contributed by atoms with Crippen LogP contribution < -0.4 is 5.32 Å². The highest BCUT2D eigenvalue weighted by Crippen LogP contribution is 2.42. The van der Waals surface area contributed by atoms with Crippen LogP contribution in [0.25, 0.3) is 0 Å². The SMILES string of the molecule is CC(C)(C)OC(=O)N1CCC2(C1)C(=O)NCC2C(=O)O. The van der Waals surface area contributed by atoms with Crippen molar-refractivity contribution in [2.45, 2.75) is 32.8 Å². The topological polar surface area (TPSA) is 95.9 Å². The number of carbonyl (C=O) groups is 3. The Morgan fingerprint density at radius 2 is 2.10 bits per heavy atom. The average Bonchev–Trinajstić information content (AvgIpc) is 2.84. The summed E-state index contributed by atoms with van der Waals surface area (Å²) in [7, 11) is 0. The minimum absolute atomic E-state index is 0.102. The van der Waals surface area contributed by atoms with Gasteiger partial charge in [-0.25, -0.2) is 4.79 Å². The van der Waals surface area contributed by atoms with Crippen molar-refractivity contribution in [2.75, 3.05) is 19.6 Å². The van der Waals surface area contributed by atoms with E-state index in [-0.39, 0.29) is 19.0 Å². The van der Waals surface area contributed by atoms with Gasteiger partial charge in [0.2, 0.25) is 5.91 Å². The molecule has 2 fully saturated rings. The van der Waals surface area contributed by atoms with Crippen molar-refractivity contribution >= 4 is 18.0 Å². The highest BCUT2D eigenvalue weighted by molar-refractivity contribution is 5.93. The molecule has 20 heavy (non-hydrogen) atoms. The van der Waals surface area contributed by atoms with E-state index in [1.165, 1.54) is 4.90 Å². The van der Waals surface area contributed by atoms with Crippen LogP contribution in [0.1, 0.15) is 27.2 Å². The van der Waals surface area contributed by atoms with Gasteiger partial charge in [-0.3, -0.25) is 9.59 Å². The van der Waals surface area contributed by atoms with E-state index in [0.29, 0.717) is 13.0 Å². The summed E-state index contributed by atoms with van der Waals surface area (Å²) >= 11 is 0. The van der Waals surface area contributed by atoms with E-state index >= 15 is 0 Å². The Labute approximate surface area is 117 Å². The Morgan fingerprint density at radius 3 is 2.65 bits per heavy atom. The third-order valence-corrected chi connectivity index (χ3v) is 3.84. The first-order chi connectivity index (χ1) is 9.16. The van der Waals surface area contributed by atoms with Gasteiger partial charge < -0.3 is 20.1 Å². The van der Waals surface area contributed by atoms with E-state index in [1.807, 2.05) is 0 Å². The van der Waals surface area contributed by atoms with E-state index in [4.69, 9.17) is 4.74 Å². The van der Waals surface area contributed by atoms with Crippen LogP contribution in [0.15, 0.2) is 0 Å². The van der Waals surface area contributed by atoms with E-state index in [2.05, 4.69) is 5.32 Å². The van der Waals surface area contributed by atoms with E-state index < -0.39 is 29.0 Å². The first-order valence-corrected chi connectivity index (χ1v) is 6.65. The molecule has 2 rings (SSSR count). The van der Waals surface area contributed by atoms with Crippen LogP contribution in [-0.4, -0.2) is 53.2 Å². The fourth-order valence-corrected chi connectivity index (χ4v) is 2.83. The zero-order chi connectivity index (χ0) is 15.1. The molecule has 0 saturated carbocycles. The third-order valence-electron chi connectivity index (χ3n) is 3.84. The molecule has 0 radical (unpaired) electrons. The predicted molar refractivity (Wildman–Crippen MR) is 69.0 cm³/mol. The number of hydrogen-bond donors (Lipinski definition) is 2. The van der Waals surface area contributed by atoms with Gasteiger partial charge in [-0.2, -0.15) is 0 Å². The minimum atomic E-state index is -1.01. The highest BCUT2D eigenvalue weighted by Gasteiger charge is 2.58. The van der Waals surface area contributed by atoms with E-state index in [0.717, 1.165) is 0 Å². The molecule has 2 unspecified atom stereocenters. The molecular weight excluding hydrogens is 264 g/mol. The summed E-state index contributed by atoms with van der Waals surface area (Å²) < 4.78 is 5.26. The van der Waals surface area contributed by atoms with Gasteiger partial charge in [0.05, 0.1) is 11.3 Å². The molecule has 2 saturated heterocycles. The lowest BCUT2D eigenvalue weighted by Gasteiger charge is -2.27. The van der Waals surface area contributed by atoms with Crippen LogP contribution in [0.2, 0.25) is 0 Å². The number of nitrogens with zero attached hydrogens (tertiary/aromatic N) is 1. The largest absolute Gasteiger partial charge is 0.481 e. The molecule has 2 atom stereocenters. The maximum Gasteiger partial charge on any atom is 0.410 e. The molecule has 0 bridgehead atoms. The summed E-state index contributed by atoms with van der Waals surface area (Å²) in [5, 5.41) is 11.8. The second kappa shape index (κ2) is 4.64. The molecule has 2 amide bonds. The molecule has 0 aromatic rings. The second-order valence-electron chi connectivity index (χ2n) is 6.41. The van der Waals surface area contributed by atoms with Gasteiger partial charge in [0, 0.05) is 19.6 Å². The number of rotatable bonds is 1. The monoisotopic (exact) mass is 284 g/mol. The Kier molecular flexibility index (Phi) is 3.39. The number of aliphatic carboxylic acids is 1. The number of nitrogens with one attached hydrogen (secondary N) is 1. The second-order valence-corrected chi connectivity index (χ2v) is 6.41. The summed E-state index contributed by atoms with van der Waals surface area (Å²) in [6, 6.07) is 0. The number of ether oxygens (including phenoxy) is 1. The summed E-state index contributed by atoms with van der Waals surface area (Å²) in [6.45, 7) is 5.85. The average molecular weight is 284 g/mol. The van der Waals surface area contributed by atoms with Crippen molar-refractivity contribution in [2.24, 2.45) is 11.3 Å². The Morgan fingerprint density at radius 1 is 1.45 bits per heavy atom.